The van der Waals surface area contributed by atoms with Gasteiger partial charge in [-0.05, 0) is 32.4 Å². The Morgan fingerprint density at radius 2 is 2.00 bits per heavy atom. The zero-order valence-electron chi connectivity index (χ0n) is 10.7. The lowest BCUT2D eigenvalue weighted by Gasteiger charge is -2.19. The van der Waals surface area contributed by atoms with Crippen LogP contribution in [0, 0.1) is 12.3 Å². The average molecular weight is 251 g/mol. The van der Waals surface area contributed by atoms with Crippen molar-refractivity contribution >= 4 is 17.6 Å². The van der Waals surface area contributed by atoms with E-state index in [1.165, 1.54) is 13.8 Å². The minimum Gasteiger partial charge on any atom is -0.481 e. The van der Waals surface area contributed by atoms with Crippen LogP contribution in [-0.4, -0.2) is 23.7 Å². The van der Waals surface area contributed by atoms with Gasteiger partial charge in [0.25, 0.3) is 0 Å². The molecule has 98 valence electrons. The highest BCUT2D eigenvalue weighted by Crippen LogP contribution is 2.20. The standard InChI is InChI=1S/C13H17NO4/c1-8-5-4-6-9(14)10(8)11(15)18-7-13(2,3)12(16)17/h4-6H,7,14H2,1-3H3,(H,16,17). The van der Waals surface area contributed by atoms with Gasteiger partial charge in [0.05, 0.1) is 11.0 Å². The number of hydrogen-bond donors (Lipinski definition) is 2. The molecule has 0 aliphatic rings. The first kappa shape index (κ1) is 14.0. The van der Waals surface area contributed by atoms with Crippen LogP contribution in [0.3, 0.4) is 0 Å². The van der Waals surface area contributed by atoms with E-state index in [9.17, 15) is 9.59 Å². The zero-order chi connectivity index (χ0) is 13.9. The molecule has 18 heavy (non-hydrogen) atoms. The monoisotopic (exact) mass is 251 g/mol. The lowest BCUT2D eigenvalue weighted by atomic mass is 9.95. The highest BCUT2D eigenvalue weighted by Gasteiger charge is 2.29. The van der Waals surface area contributed by atoms with Gasteiger partial charge in [0, 0.05) is 5.69 Å². The molecule has 0 aromatic heterocycles. The highest BCUT2D eigenvalue weighted by molar-refractivity contribution is 5.96. The molecule has 0 fully saturated rings. The number of esters is 1. The van der Waals surface area contributed by atoms with Crippen LogP contribution < -0.4 is 5.73 Å². The summed E-state index contributed by atoms with van der Waals surface area (Å²) in [5, 5.41) is 8.92. The van der Waals surface area contributed by atoms with E-state index in [4.69, 9.17) is 15.6 Å². The molecule has 0 bridgehead atoms. The van der Waals surface area contributed by atoms with E-state index in [0.29, 0.717) is 16.8 Å². The fourth-order valence-electron chi connectivity index (χ4n) is 1.35. The minimum absolute atomic E-state index is 0.199. The van der Waals surface area contributed by atoms with Gasteiger partial charge in [0.15, 0.2) is 0 Å². The number of carbonyl (C=O) groups is 2. The van der Waals surface area contributed by atoms with Crippen molar-refractivity contribution in [1.29, 1.82) is 0 Å². The molecule has 3 N–H and O–H groups in total. The Morgan fingerprint density at radius 3 is 2.50 bits per heavy atom. The van der Waals surface area contributed by atoms with Gasteiger partial charge >= 0.3 is 11.9 Å². The predicted octanol–water partition coefficient (Wildman–Crippen LogP) is 1.84. The number of aliphatic carboxylic acids is 1. The molecule has 0 saturated carbocycles. The summed E-state index contributed by atoms with van der Waals surface area (Å²) in [6.07, 6.45) is 0. The summed E-state index contributed by atoms with van der Waals surface area (Å²) in [5.41, 5.74) is 5.91. The summed E-state index contributed by atoms with van der Waals surface area (Å²) in [7, 11) is 0. The van der Waals surface area contributed by atoms with E-state index in [2.05, 4.69) is 0 Å². The highest BCUT2D eigenvalue weighted by atomic mass is 16.5. The summed E-state index contributed by atoms with van der Waals surface area (Å²) in [5.74, 6) is -1.62. The van der Waals surface area contributed by atoms with Crippen LogP contribution in [0.5, 0.6) is 0 Å². The Balaban J connectivity index is 2.82. The topological polar surface area (TPSA) is 89.6 Å². The first-order chi connectivity index (χ1) is 8.25. The van der Waals surface area contributed by atoms with Crippen LogP contribution in [0.15, 0.2) is 18.2 Å². The summed E-state index contributed by atoms with van der Waals surface area (Å²) in [6, 6.07) is 5.09. The number of anilines is 1. The van der Waals surface area contributed by atoms with Crippen LogP contribution in [0.1, 0.15) is 29.8 Å². The summed E-state index contributed by atoms with van der Waals surface area (Å²) < 4.78 is 5.02. The predicted molar refractivity (Wildman–Crippen MR) is 67.3 cm³/mol. The van der Waals surface area contributed by atoms with Crippen LogP contribution in [0.4, 0.5) is 5.69 Å². The fourth-order valence-corrected chi connectivity index (χ4v) is 1.35. The van der Waals surface area contributed by atoms with Crippen LogP contribution >= 0.6 is 0 Å². The van der Waals surface area contributed by atoms with Gasteiger partial charge in [0.2, 0.25) is 0 Å². The first-order valence-electron chi connectivity index (χ1n) is 5.51. The Kier molecular flexibility index (Phi) is 3.96. The molecule has 0 spiro atoms. The van der Waals surface area contributed by atoms with Crippen molar-refractivity contribution in [3.8, 4) is 0 Å². The third-order valence-electron chi connectivity index (χ3n) is 2.65. The molecule has 0 radical (unpaired) electrons. The molecule has 1 aromatic rings. The number of carboxylic acid groups (broad SMARTS) is 1. The van der Waals surface area contributed by atoms with Gasteiger partial charge in [-0.2, -0.15) is 0 Å². The number of benzene rings is 1. The molecule has 5 heteroatoms. The summed E-state index contributed by atoms with van der Waals surface area (Å²) >= 11 is 0. The number of ether oxygens (including phenoxy) is 1. The second-order valence-electron chi connectivity index (χ2n) is 4.80. The van der Waals surface area contributed by atoms with Crippen LogP contribution in [-0.2, 0) is 9.53 Å². The van der Waals surface area contributed by atoms with Crippen molar-refractivity contribution in [2.24, 2.45) is 5.41 Å². The van der Waals surface area contributed by atoms with E-state index < -0.39 is 17.4 Å². The second kappa shape index (κ2) is 5.08. The summed E-state index contributed by atoms with van der Waals surface area (Å²) in [6.45, 7) is 4.53. The Labute approximate surface area is 106 Å². The van der Waals surface area contributed by atoms with Crippen molar-refractivity contribution in [2.45, 2.75) is 20.8 Å². The molecule has 1 rings (SSSR count). The van der Waals surface area contributed by atoms with E-state index in [0.717, 1.165) is 0 Å². The number of hydrogen-bond acceptors (Lipinski definition) is 4. The quantitative estimate of drug-likeness (QED) is 0.629. The maximum absolute atomic E-state index is 11.9. The van der Waals surface area contributed by atoms with E-state index >= 15 is 0 Å². The molecule has 0 saturated heterocycles. The first-order valence-corrected chi connectivity index (χ1v) is 5.51. The van der Waals surface area contributed by atoms with Gasteiger partial charge in [-0.15, -0.1) is 0 Å². The van der Waals surface area contributed by atoms with Crippen molar-refractivity contribution in [3.63, 3.8) is 0 Å². The average Bonchev–Trinajstić information content (AvgIpc) is 2.26. The Morgan fingerprint density at radius 1 is 1.39 bits per heavy atom. The number of nitrogen functional groups attached to an aromatic ring is 1. The van der Waals surface area contributed by atoms with E-state index in [1.54, 1.807) is 25.1 Å². The largest absolute Gasteiger partial charge is 0.481 e. The SMILES string of the molecule is Cc1cccc(N)c1C(=O)OCC(C)(C)C(=O)O. The van der Waals surface area contributed by atoms with Gasteiger partial charge in [-0.1, -0.05) is 12.1 Å². The van der Waals surface area contributed by atoms with Gasteiger partial charge < -0.3 is 15.6 Å². The number of aryl methyl sites for hydroxylation is 1. The number of rotatable bonds is 4. The zero-order valence-corrected chi connectivity index (χ0v) is 10.7. The Hall–Kier alpha value is -2.04. The molecule has 0 atom stereocenters. The molecule has 0 amide bonds. The van der Waals surface area contributed by atoms with Gasteiger partial charge in [0.1, 0.15) is 6.61 Å². The Bertz CT molecular complexity index is 460. The molecule has 0 unspecified atom stereocenters. The molecule has 5 nitrogen and oxygen atoms in total. The molecule has 0 heterocycles. The number of carbonyl (C=O) groups excluding carboxylic acids is 1. The van der Waals surface area contributed by atoms with Crippen molar-refractivity contribution in [3.05, 3.63) is 29.3 Å². The molecular weight excluding hydrogens is 234 g/mol. The van der Waals surface area contributed by atoms with Gasteiger partial charge in [-0.25, -0.2) is 4.79 Å². The van der Waals surface area contributed by atoms with Crippen molar-refractivity contribution < 1.29 is 19.4 Å². The normalized spacial score (nSPS) is 11.1. The van der Waals surface area contributed by atoms with E-state index in [1.807, 2.05) is 0 Å². The molecule has 1 aromatic carbocycles. The van der Waals surface area contributed by atoms with Crippen molar-refractivity contribution in [1.82, 2.24) is 0 Å². The summed E-state index contributed by atoms with van der Waals surface area (Å²) in [4.78, 5) is 22.7. The number of nitrogens with two attached hydrogens (primary N) is 1. The minimum atomic E-state index is -1.12. The smallest absolute Gasteiger partial charge is 0.340 e. The second-order valence-corrected chi connectivity index (χ2v) is 4.80. The van der Waals surface area contributed by atoms with Crippen LogP contribution in [0.2, 0.25) is 0 Å². The number of carboxylic acids is 1. The van der Waals surface area contributed by atoms with Crippen molar-refractivity contribution in [2.75, 3.05) is 12.3 Å². The molecule has 0 aliphatic carbocycles. The molecular formula is C13H17NO4. The van der Waals surface area contributed by atoms with Crippen LogP contribution in [0.25, 0.3) is 0 Å². The third-order valence-corrected chi connectivity index (χ3v) is 2.65. The molecule has 0 aliphatic heterocycles. The maximum atomic E-state index is 11.9. The lowest BCUT2D eigenvalue weighted by Crippen LogP contribution is -2.30. The maximum Gasteiger partial charge on any atom is 0.340 e. The van der Waals surface area contributed by atoms with E-state index in [-0.39, 0.29) is 6.61 Å². The fraction of sp³-hybridized carbons (Fsp3) is 0.385. The lowest BCUT2D eigenvalue weighted by molar-refractivity contribution is -0.149. The van der Waals surface area contributed by atoms with Gasteiger partial charge in [-0.3, -0.25) is 4.79 Å². The third kappa shape index (κ3) is 3.00.